The minimum Gasteiger partial charge on any atom is -0.298 e. The van der Waals surface area contributed by atoms with Crippen LogP contribution in [0.3, 0.4) is 0 Å². The molecule has 2 heterocycles. The number of nitrogens with zero attached hydrogens (tertiary/aromatic N) is 2. The molecule has 2 aromatic heterocycles. The first-order chi connectivity index (χ1) is 8.26. The molecule has 2 rings (SSSR count). The number of aldehydes is 1. The van der Waals surface area contributed by atoms with Crippen molar-refractivity contribution in [1.29, 1.82) is 0 Å². The number of aromatic nitrogens is 2. The molecule has 0 bridgehead atoms. The third-order valence-electron chi connectivity index (χ3n) is 2.52. The fraction of sp³-hybridized carbons (Fsp3) is 0.0714. The van der Waals surface area contributed by atoms with Crippen molar-refractivity contribution in [2.75, 3.05) is 0 Å². The minimum atomic E-state index is 0.528. The van der Waals surface area contributed by atoms with Crippen molar-refractivity contribution in [2.45, 2.75) is 6.92 Å². The van der Waals surface area contributed by atoms with Crippen molar-refractivity contribution >= 4 is 12.4 Å². The normalized spacial score (nSPS) is 9.94. The highest BCUT2D eigenvalue weighted by atomic mass is 16.1. The van der Waals surface area contributed by atoms with Crippen LogP contribution in [0.25, 0.3) is 17.5 Å². The summed E-state index contributed by atoms with van der Waals surface area (Å²) >= 11 is 0. The van der Waals surface area contributed by atoms with E-state index in [1.54, 1.807) is 24.5 Å². The summed E-state index contributed by atoms with van der Waals surface area (Å²) in [6.45, 7) is 5.66. The van der Waals surface area contributed by atoms with E-state index < -0.39 is 0 Å². The number of aryl methyl sites for hydroxylation is 1. The lowest BCUT2D eigenvalue weighted by Gasteiger charge is -2.06. The van der Waals surface area contributed by atoms with E-state index in [0.717, 1.165) is 17.4 Å². The SMILES string of the molecule is C=Cc1ccnc(-c2cc(C)ccn2)c1C=O. The van der Waals surface area contributed by atoms with E-state index in [4.69, 9.17) is 0 Å². The van der Waals surface area contributed by atoms with E-state index in [1.807, 2.05) is 19.1 Å². The molecule has 0 unspecified atom stereocenters. The van der Waals surface area contributed by atoms with Crippen LogP contribution in [-0.2, 0) is 0 Å². The first-order valence-electron chi connectivity index (χ1n) is 5.26. The molecule has 0 saturated heterocycles. The van der Waals surface area contributed by atoms with Gasteiger partial charge in [0.05, 0.1) is 11.4 Å². The molecule has 0 aliphatic carbocycles. The monoisotopic (exact) mass is 224 g/mol. The van der Waals surface area contributed by atoms with Crippen molar-refractivity contribution < 1.29 is 4.79 Å². The maximum Gasteiger partial charge on any atom is 0.152 e. The second-order valence-corrected chi connectivity index (χ2v) is 3.70. The predicted molar refractivity (Wildman–Crippen MR) is 67.7 cm³/mol. The Bertz CT molecular complexity index is 576. The second kappa shape index (κ2) is 4.70. The van der Waals surface area contributed by atoms with E-state index >= 15 is 0 Å². The summed E-state index contributed by atoms with van der Waals surface area (Å²) in [6.07, 6.45) is 5.80. The topological polar surface area (TPSA) is 42.9 Å². The molecular weight excluding hydrogens is 212 g/mol. The Hall–Kier alpha value is -2.29. The van der Waals surface area contributed by atoms with Crippen molar-refractivity contribution in [3.8, 4) is 11.4 Å². The minimum absolute atomic E-state index is 0.528. The highest BCUT2D eigenvalue weighted by Gasteiger charge is 2.10. The molecule has 0 atom stereocenters. The standard InChI is InChI=1S/C14H12N2O/c1-3-11-5-7-16-14(12(11)9-17)13-8-10(2)4-6-15-13/h3-9H,1H2,2H3. The van der Waals surface area contributed by atoms with Gasteiger partial charge in [-0.1, -0.05) is 12.7 Å². The van der Waals surface area contributed by atoms with Gasteiger partial charge in [0, 0.05) is 18.0 Å². The van der Waals surface area contributed by atoms with Crippen LogP contribution in [-0.4, -0.2) is 16.3 Å². The largest absolute Gasteiger partial charge is 0.298 e. The molecular formula is C14H12N2O. The average Bonchev–Trinajstić information content (AvgIpc) is 2.37. The highest BCUT2D eigenvalue weighted by Crippen LogP contribution is 2.22. The molecule has 84 valence electrons. The van der Waals surface area contributed by atoms with Crippen molar-refractivity contribution in [3.05, 3.63) is 53.9 Å². The van der Waals surface area contributed by atoms with Crippen molar-refractivity contribution in [3.63, 3.8) is 0 Å². The van der Waals surface area contributed by atoms with Gasteiger partial charge in [-0.15, -0.1) is 0 Å². The van der Waals surface area contributed by atoms with Gasteiger partial charge in [-0.05, 0) is 36.2 Å². The Morgan fingerprint density at radius 2 is 2.00 bits per heavy atom. The molecule has 0 aromatic carbocycles. The summed E-state index contributed by atoms with van der Waals surface area (Å²) in [7, 11) is 0. The number of carbonyl (C=O) groups excluding carboxylic acids is 1. The van der Waals surface area contributed by atoms with E-state index in [2.05, 4.69) is 16.5 Å². The molecule has 0 spiro atoms. The zero-order valence-corrected chi connectivity index (χ0v) is 9.55. The van der Waals surface area contributed by atoms with E-state index in [-0.39, 0.29) is 0 Å². The Morgan fingerprint density at radius 1 is 1.24 bits per heavy atom. The van der Waals surface area contributed by atoms with Crippen LogP contribution < -0.4 is 0 Å². The van der Waals surface area contributed by atoms with E-state index in [9.17, 15) is 4.79 Å². The van der Waals surface area contributed by atoms with Gasteiger partial charge in [-0.2, -0.15) is 0 Å². The van der Waals surface area contributed by atoms with E-state index in [1.165, 1.54) is 0 Å². The van der Waals surface area contributed by atoms with Gasteiger partial charge in [-0.25, -0.2) is 0 Å². The van der Waals surface area contributed by atoms with Crippen LogP contribution in [0, 0.1) is 6.92 Å². The Kier molecular flexibility index (Phi) is 3.10. The van der Waals surface area contributed by atoms with Crippen LogP contribution in [0.15, 0.2) is 37.2 Å². The second-order valence-electron chi connectivity index (χ2n) is 3.70. The fourth-order valence-electron chi connectivity index (χ4n) is 1.66. The molecule has 17 heavy (non-hydrogen) atoms. The zero-order valence-electron chi connectivity index (χ0n) is 9.55. The summed E-state index contributed by atoms with van der Waals surface area (Å²) in [4.78, 5) is 19.6. The van der Waals surface area contributed by atoms with Crippen LogP contribution in [0.4, 0.5) is 0 Å². The first kappa shape index (κ1) is 11.2. The molecule has 0 aliphatic rings. The van der Waals surface area contributed by atoms with Crippen molar-refractivity contribution in [2.24, 2.45) is 0 Å². The molecule has 2 aromatic rings. The Labute approximate surface area is 99.9 Å². The van der Waals surface area contributed by atoms with Gasteiger partial charge in [-0.3, -0.25) is 14.8 Å². The summed E-state index contributed by atoms with van der Waals surface area (Å²) in [5.41, 5.74) is 3.68. The lowest BCUT2D eigenvalue weighted by Crippen LogP contribution is -1.97. The van der Waals surface area contributed by atoms with Gasteiger partial charge in [0.1, 0.15) is 0 Å². The number of carbonyl (C=O) groups is 1. The van der Waals surface area contributed by atoms with Gasteiger partial charge in [0.15, 0.2) is 6.29 Å². The maximum absolute atomic E-state index is 11.1. The van der Waals surface area contributed by atoms with Crippen molar-refractivity contribution in [1.82, 2.24) is 9.97 Å². The van der Waals surface area contributed by atoms with Gasteiger partial charge in [0.25, 0.3) is 0 Å². The summed E-state index contributed by atoms with van der Waals surface area (Å²) in [6, 6.07) is 5.57. The summed E-state index contributed by atoms with van der Waals surface area (Å²) in [5, 5.41) is 0. The Morgan fingerprint density at radius 3 is 2.65 bits per heavy atom. The third-order valence-corrected chi connectivity index (χ3v) is 2.52. The molecule has 0 radical (unpaired) electrons. The molecule has 0 amide bonds. The molecule has 0 fully saturated rings. The molecule has 0 saturated carbocycles. The fourth-order valence-corrected chi connectivity index (χ4v) is 1.66. The number of rotatable bonds is 3. The number of hydrogen-bond acceptors (Lipinski definition) is 3. The number of pyridine rings is 2. The average molecular weight is 224 g/mol. The molecule has 3 heteroatoms. The Balaban J connectivity index is 2.67. The molecule has 3 nitrogen and oxygen atoms in total. The molecule has 0 N–H and O–H groups in total. The smallest absolute Gasteiger partial charge is 0.152 e. The van der Waals surface area contributed by atoms with Gasteiger partial charge >= 0.3 is 0 Å². The lowest BCUT2D eigenvalue weighted by atomic mass is 10.0. The predicted octanol–water partition coefficient (Wildman–Crippen LogP) is 2.91. The maximum atomic E-state index is 11.1. The first-order valence-corrected chi connectivity index (χ1v) is 5.26. The summed E-state index contributed by atoms with van der Waals surface area (Å²) < 4.78 is 0. The van der Waals surface area contributed by atoms with Gasteiger partial charge in [0.2, 0.25) is 0 Å². The van der Waals surface area contributed by atoms with Crippen LogP contribution in [0.5, 0.6) is 0 Å². The van der Waals surface area contributed by atoms with E-state index in [0.29, 0.717) is 17.0 Å². The summed E-state index contributed by atoms with van der Waals surface area (Å²) in [5.74, 6) is 0. The van der Waals surface area contributed by atoms with Crippen LogP contribution in [0.2, 0.25) is 0 Å². The zero-order chi connectivity index (χ0) is 12.3. The number of hydrogen-bond donors (Lipinski definition) is 0. The quantitative estimate of drug-likeness (QED) is 0.753. The van der Waals surface area contributed by atoms with Crippen LogP contribution in [0.1, 0.15) is 21.5 Å². The van der Waals surface area contributed by atoms with Crippen LogP contribution >= 0.6 is 0 Å². The lowest BCUT2D eigenvalue weighted by molar-refractivity contribution is 0.112. The van der Waals surface area contributed by atoms with Gasteiger partial charge < -0.3 is 0 Å². The third kappa shape index (κ3) is 2.13. The molecule has 0 aliphatic heterocycles. The highest BCUT2D eigenvalue weighted by molar-refractivity contribution is 5.89.